The van der Waals surface area contributed by atoms with E-state index in [2.05, 4.69) is 9.47 Å². The predicted molar refractivity (Wildman–Crippen MR) is 49.3 cm³/mol. The smallest absolute Gasteiger partial charge is 0.309 e. The Bertz CT molecular complexity index is 569. The molecule has 0 radical (unpaired) electrons. The predicted octanol–water partition coefficient (Wildman–Crippen LogP) is 3.18. The number of halogens is 12. The second kappa shape index (κ2) is 6.62. The quantitative estimate of drug-likeness (QED) is 0.475. The van der Waals surface area contributed by atoms with Crippen LogP contribution in [-0.2, 0) is 19.6 Å². The number of ether oxygens (including phenoxy) is 2. The summed E-state index contributed by atoms with van der Waals surface area (Å²) in [5, 5.41) is -6.68. The highest BCUT2D eigenvalue weighted by atomic mass is 32.2. The lowest BCUT2D eigenvalue weighted by Crippen LogP contribution is -2.53. The average molecular weight is 428 g/mol. The molecule has 0 aromatic rings. The summed E-state index contributed by atoms with van der Waals surface area (Å²) >= 11 is 0. The van der Waals surface area contributed by atoms with Gasteiger partial charge < -0.3 is 4.74 Å². The largest absolute Gasteiger partial charge is 0.460 e. The van der Waals surface area contributed by atoms with Crippen LogP contribution in [0.2, 0.25) is 0 Å². The number of rotatable bonds is 8. The van der Waals surface area contributed by atoms with Crippen molar-refractivity contribution in [1.82, 2.24) is 0 Å². The molecule has 0 bridgehead atoms. The van der Waals surface area contributed by atoms with Crippen molar-refractivity contribution >= 4 is 10.1 Å². The van der Waals surface area contributed by atoms with Gasteiger partial charge in [0, 0.05) is 0 Å². The molecule has 0 spiro atoms. The Hall–Kier alpha value is -1.01. The normalized spacial score (nSPS) is 16.8. The first kappa shape index (κ1) is 24.0. The second-order valence-electron chi connectivity index (χ2n) is 4.00. The second-order valence-corrected chi connectivity index (χ2v) is 5.46. The standard InChI is InChI=1S/C7H4F12O5S/c8-2(24-6(16,17)7(18,19)25(20,21)22)4(11,12)23-1-3(9,10)5(13,14)15/h2H,1H2,(H,20,21,22). The molecule has 1 atom stereocenters. The minimum atomic E-state index is -7.04. The Balaban J connectivity index is 5.25. The molecule has 152 valence electrons. The van der Waals surface area contributed by atoms with E-state index in [1.165, 1.54) is 0 Å². The lowest BCUT2D eigenvalue weighted by atomic mass is 10.3. The van der Waals surface area contributed by atoms with Crippen molar-refractivity contribution in [2.75, 3.05) is 6.61 Å². The van der Waals surface area contributed by atoms with Crippen LogP contribution in [0, 0.1) is 0 Å². The Morgan fingerprint density at radius 3 is 1.60 bits per heavy atom. The van der Waals surface area contributed by atoms with Gasteiger partial charge in [-0.15, -0.1) is 0 Å². The molecule has 0 saturated carbocycles. The maximum Gasteiger partial charge on any atom is 0.460 e. The third kappa shape index (κ3) is 5.23. The van der Waals surface area contributed by atoms with Crippen LogP contribution in [0.5, 0.6) is 0 Å². The summed E-state index contributed by atoms with van der Waals surface area (Å²) in [6.45, 7) is -3.33. The van der Waals surface area contributed by atoms with Crippen LogP contribution in [0.15, 0.2) is 0 Å². The first-order valence-corrected chi connectivity index (χ1v) is 6.53. The van der Waals surface area contributed by atoms with E-state index < -0.39 is 52.7 Å². The summed E-state index contributed by atoms with van der Waals surface area (Å²) in [6, 6.07) is 0. The van der Waals surface area contributed by atoms with E-state index in [-0.39, 0.29) is 0 Å². The molecule has 1 unspecified atom stereocenters. The molecule has 0 aliphatic rings. The van der Waals surface area contributed by atoms with Crippen molar-refractivity contribution in [3.63, 3.8) is 0 Å². The Kier molecular flexibility index (Phi) is 6.35. The van der Waals surface area contributed by atoms with Gasteiger partial charge >= 0.3 is 39.7 Å². The number of hydrogen-bond acceptors (Lipinski definition) is 4. The molecule has 0 fully saturated rings. The zero-order valence-electron chi connectivity index (χ0n) is 10.8. The molecule has 0 amide bonds. The summed E-state index contributed by atoms with van der Waals surface area (Å²) < 4.78 is 180. The number of hydrogen-bond donors (Lipinski definition) is 1. The number of alkyl halides is 12. The van der Waals surface area contributed by atoms with Crippen LogP contribution in [-0.4, -0.2) is 55.5 Å². The van der Waals surface area contributed by atoms with Gasteiger partial charge in [0.15, 0.2) is 0 Å². The fraction of sp³-hybridized carbons (Fsp3) is 1.00. The Morgan fingerprint density at radius 2 is 1.28 bits per heavy atom. The monoisotopic (exact) mass is 428 g/mol. The lowest BCUT2D eigenvalue weighted by Gasteiger charge is -2.29. The van der Waals surface area contributed by atoms with Crippen molar-refractivity contribution < 1.29 is 75.1 Å². The van der Waals surface area contributed by atoms with E-state index >= 15 is 0 Å². The molecular weight excluding hydrogens is 424 g/mol. The lowest BCUT2D eigenvalue weighted by molar-refractivity contribution is -0.424. The van der Waals surface area contributed by atoms with Crippen molar-refractivity contribution in [2.45, 2.75) is 35.9 Å². The third-order valence-electron chi connectivity index (χ3n) is 2.04. The van der Waals surface area contributed by atoms with E-state index in [0.29, 0.717) is 0 Å². The van der Waals surface area contributed by atoms with Crippen molar-refractivity contribution in [3.05, 3.63) is 0 Å². The molecule has 5 nitrogen and oxygen atoms in total. The molecular formula is C7H4F12O5S. The van der Waals surface area contributed by atoms with Crippen LogP contribution in [0.3, 0.4) is 0 Å². The molecule has 0 rings (SSSR count). The van der Waals surface area contributed by atoms with E-state index in [4.69, 9.17) is 4.55 Å². The third-order valence-corrected chi connectivity index (χ3v) is 2.92. The molecule has 1 N–H and O–H groups in total. The summed E-state index contributed by atoms with van der Waals surface area (Å²) in [5.41, 5.74) is 0. The van der Waals surface area contributed by atoms with Crippen molar-refractivity contribution in [1.29, 1.82) is 0 Å². The van der Waals surface area contributed by atoms with Gasteiger partial charge in [-0.2, -0.15) is 56.7 Å². The van der Waals surface area contributed by atoms with Crippen molar-refractivity contribution in [2.24, 2.45) is 0 Å². The van der Waals surface area contributed by atoms with Gasteiger partial charge in [0.1, 0.15) is 6.61 Å². The first-order valence-electron chi connectivity index (χ1n) is 5.09. The molecule has 0 aromatic heterocycles. The molecule has 0 heterocycles. The molecule has 0 aromatic carbocycles. The zero-order chi connectivity index (χ0) is 20.7. The van der Waals surface area contributed by atoms with Crippen LogP contribution >= 0.6 is 0 Å². The fourth-order valence-electron chi connectivity index (χ4n) is 0.752. The first-order chi connectivity index (χ1) is 10.6. The maximum atomic E-state index is 12.8. The van der Waals surface area contributed by atoms with Crippen LogP contribution < -0.4 is 0 Å². The van der Waals surface area contributed by atoms with E-state index in [1.807, 2.05) is 0 Å². The van der Waals surface area contributed by atoms with Crippen LogP contribution in [0.4, 0.5) is 52.7 Å². The minimum absolute atomic E-state index is 2.05. The highest BCUT2D eigenvalue weighted by Gasteiger charge is 2.70. The fourth-order valence-corrected chi connectivity index (χ4v) is 1.10. The SMILES string of the molecule is O=S(=O)(O)C(F)(F)C(F)(F)OC(F)C(F)(F)OCC(F)(F)C(F)(F)F. The van der Waals surface area contributed by atoms with E-state index in [9.17, 15) is 61.1 Å². The van der Waals surface area contributed by atoms with Gasteiger partial charge in [-0.3, -0.25) is 9.29 Å². The maximum absolute atomic E-state index is 12.8. The average Bonchev–Trinajstić information content (AvgIpc) is 2.33. The van der Waals surface area contributed by atoms with E-state index in [1.54, 1.807) is 0 Å². The van der Waals surface area contributed by atoms with Crippen LogP contribution in [0.25, 0.3) is 0 Å². The van der Waals surface area contributed by atoms with Gasteiger partial charge in [0.05, 0.1) is 0 Å². The molecule has 25 heavy (non-hydrogen) atoms. The zero-order valence-corrected chi connectivity index (χ0v) is 11.6. The molecule has 0 aliphatic carbocycles. The van der Waals surface area contributed by atoms with Crippen LogP contribution in [0.1, 0.15) is 0 Å². The van der Waals surface area contributed by atoms with Gasteiger partial charge in [-0.1, -0.05) is 0 Å². The van der Waals surface area contributed by atoms with Crippen molar-refractivity contribution in [3.8, 4) is 0 Å². The van der Waals surface area contributed by atoms with E-state index in [0.717, 1.165) is 0 Å². The van der Waals surface area contributed by atoms with Gasteiger partial charge in [-0.25, -0.2) is 4.39 Å². The summed E-state index contributed by atoms with van der Waals surface area (Å²) in [5.74, 6) is -6.02. The Morgan fingerprint density at radius 1 is 0.880 bits per heavy atom. The molecule has 0 saturated heterocycles. The summed E-state index contributed by atoms with van der Waals surface area (Å²) in [7, 11) is -7.04. The Labute approximate surface area is 129 Å². The topological polar surface area (TPSA) is 72.8 Å². The minimum Gasteiger partial charge on any atom is -0.309 e. The van der Waals surface area contributed by atoms with Gasteiger partial charge in [-0.05, 0) is 0 Å². The van der Waals surface area contributed by atoms with Gasteiger partial charge in [0.2, 0.25) is 0 Å². The molecule has 0 aliphatic heterocycles. The summed E-state index contributed by atoms with van der Waals surface area (Å²) in [4.78, 5) is 0. The highest BCUT2D eigenvalue weighted by molar-refractivity contribution is 7.86. The molecule has 18 heteroatoms. The summed E-state index contributed by atoms with van der Waals surface area (Å²) in [6.07, 6.45) is -24.4. The van der Waals surface area contributed by atoms with Gasteiger partial charge in [0.25, 0.3) is 6.36 Å². The highest BCUT2D eigenvalue weighted by Crippen LogP contribution is 2.43.